The molecule has 0 fully saturated rings. The molecule has 0 aliphatic heterocycles. The summed E-state index contributed by atoms with van der Waals surface area (Å²) in [5, 5.41) is 0. The van der Waals surface area contributed by atoms with Crippen molar-refractivity contribution in [2.75, 3.05) is 0 Å². The second-order valence-corrected chi connectivity index (χ2v) is 7.96. The van der Waals surface area contributed by atoms with Crippen molar-refractivity contribution >= 4 is 33.7 Å². The summed E-state index contributed by atoms with van der Waals surface area (Å²) in [6, 6.07) is 11.7. The van der Waals surface area contributed by atoms with Crippen molar-refractivity contribution in [3.63, 3.8) is 0 Å². The van der Waals surface area contributed by atoms with Crippen LogP contribution in [0.25, 0.3) is 6.08 Å². The first-order chi connectivity index (χ1) is 6.86. The van der Waals surface area contributed by atoms with Crippen LogP contribution < -0.4 is 0 Å². The van der Waals surface area contributed by atoms with Gasteiger partial charge in [-0.2, -0.15) is 0 Å². The topological polar surface area (TPSA) is 0 Å². The Labute approximate surface area is 107 Å². The zero-order chi connectivity index (χ0) is 9.97. The molecule has 0 saturated heterocycles. The van der Waals surface area contributed by atoms with Crippen LogP contribution in [0.15, 0.2) is 30.3 Å². The van der Waals surface area contributed by atoms with Crippen LogP contribution in [0.2, 0.25) is 12.1 Å². The van der Waals surface area contributed by atoms with Gasteiger partial charge >= 0.3 is 18.9 Å². The molecule has 0 aromatic heterocycles. The predicted octanol–water partition coefficient (Wildman–Crippen LogP) is 2.95. The Morgan fingerprint density at radius 3 is 2.47 bits per heavy atom. The SMILES string of the molecule is CC[SiH](CC)C1C=Cc2ccccc21.[LiH]. The van der Waals surface area contributed by atoms with Crippen LogP contribution in [0.1, 0.15) is 30.5 Å². The summed E-state index contributed by atoms with van der Waals surface area (Å²) in [6.07, 6.45) is 4.75. The molecule has 1 aromatic carbocycles. The van der Waals surface area contributed by atoms with E-state index in [-0.39, 0.29) is 18.9 Å². The summed E-state index contributed by atoms with van der Waals surface area (Å²) in [6.45, 7) is 4.71. The zero-order valence-electron chi connectivity index (χ0n) is 9.03. The fourth-order valence-electron chi connectivity index (χ4n) is 2.48. The minimum atomic E-state index is -0.568. The van der Waals surface area contributed by atoms with Gasteiger partial charge in [0.1, 0.15) is 0 Å². The maximum atomic E-state index is 2.44. The van der Waals surface area contributed by atoms with Gasteiger partial charge in [-0.15, -0.1) is 0 Å². The molecule has 1 aliphatic carbocycles. The molecular weight excluding hydrogens is 191 g/mol. The molecule has 1 atom stereocenters. The second kappa shape index (κ2) is 5.75. The van der Waals surface area contributed by atoms with Gasteiger partial charge in [-0.1, -0.05) is 62.4 Å². The normalized spacial score (nSPS) is 17.7. The van der Waals surface area contributed by atoms with E-state index in [9.17, 15) is 0 Å². The van der Waals surface area contributed by atoms with E-state index in [2.05, 4.69) is 50.3 Å². The molecule has 1 aromatic rings. The fourth-order valence-corrected chi connectivity index (χ4v) is 5.31. The summed E-state index contributed by atoms with van der Waals surface area (Å²) in [4.78, 5) is 0. The number of allylic oxidation sites excluding steroid dienone is 1. The Morgan fingerprint density at radius 2 is 1.80 bits per heavy atom. The van der Waals surface area contributed by atoms with Crippen molar-refractivity contribution in [1.82, 2.24) is 0 Å². The molecule has 2 heteroatoms. The van der Waals surface area contributed by atoms with E-state index >= 15 is 0 Å². The molecule has 1 aliphatic rings. The first kappa shape index (κ1) is 12.8. The van der Waals surface area contributed by atoms with Crippen LogP contribution >= 0.6 is 0 Å². The van der Waals surface area contributed by atoms with Crippen LogP contribution in [-0.4, -0.2) is 27.7 Å². The number of rotatable bonds is 3. The molecule has 0 spiro atoms. The minimum absolute atomic E-state index is 0. The van der Waals surface area contributed by atoms with Crippen LogP contribution in [0, 0.1) is 0 Å². The molecule has 0 heterocycles. The third-order valence-corrected chi connectivity index (χ3v) is 7.09. The first-order valence-electron chi connectivity index (χ1n) is 5.64. The Balaban J connectivity index is 0.00000112. The number of benzene rings is 1. The molecule has 0 saturated carbocycles. The third-order valence-electron chi connectivity index (χ3n) is 3.39. The molecule has 15 heavy (non-hydrogen) atoms. The third kappa shape index (κ3) is 2.48. The van der Waals surface area contributed by atoms with E-state index in [0.29, 0.717) is 0 Å². The van der Waals surface area contributed by atoms with Gasteiger partial charge < -0.3 is 0 Å². The van der Waals surface area contributed by atoms with Crippen LogP contribution in [0.5, 0.6) is 0 Å². The Bertz CT molecular complexity index is 342. The number of fused-ring (bicyclic) bond motifs is 1. The predicted molar refractivity (Wildman–Crippen MR) is 73.5 cm³/mol. The second-order valence-electron chi connectivity index (χ2n) is 4.09. The van der Waals surface area contributed by atoms with Gasteiger partial charge in [0.05, 0.1) is 0 Å². The molecule has 0 N–H and O–H groups in total. The number of hydrogen-bond donors (Lipinski definition) is 0. The van der Waals surface area contributed by atoms with Gasteiger partial charge in [0.15, 0.2) is 0 Å². The van der Waals surface area contributed by atoms with Crippen molar-refractivity contribution in [1.29, 1.82) is 0 Å². The molecule has 0 bridgehead atoms. The van der Waals surface area contributed by atoms with Crippen molar-refractivity contribution < 1.29 is 0 Å². The number of hydrogen-bond acceptors (Lipinski definition) is 0. The summed E-state index contributed by atoms with van der Waals surface area (Å²) < 4.78 is 0. The zero-order valence-corrected chi connectivity index (χ0v) is 10.2. The molecule has 76 valence electrons. The summed E-state index contributed by atoms with van der Waals surface area (Å²) in [5.41, 5.74) is 3.85. The van der Waals surface area contributed by atoms with E-state index in [1.165, 1.54) is 17.7 Å². The van der Waals surface area contributed by atoms with Gasteiger partial charge in [0, 0.05) is 8.80 Å². The van der Waals surface area contributed by atoms with E-state index in [4.69, 9.17) is 0 Å². The van der Waals surface area contributed by atoms with Gasteiger partial charge in [0.25, 0.3) is 0 Å². The van der Waals surface area contributed by atoms with E-state index < -0.39 is 8.80 Å². The van der Waals surface area contributed by atoms with Crippen molar-refractivity contribution in [3.05, 3.63) is 41.5 Å². The standard InChI is InChI=1S/C13H18Si.Li.H/c1-3-14(4-2)13-10-9-11-7-5-6-8-12(11)13;;/h5-10,13-14H,3-4H2,1-2H3;;. The van der Waals surface area contributed by atoms with Crippen LogP contribution in [-0.2, 0) is 0 Å². The van der Waals surface area contributed by atoms with Crippen molar-refractivity contribution in [2.24, 2.45) is 0 Å². The van der Waals surface area contributed by atoms with E-state index in [0.717, 1.165) is 5.54 Å². The average Bonchev–Trinajstić information content (AvgIpc) is 2.65. The molecule has 0 radical (unpaired) electrons. The Kier molecular flexibility index (Phi) is 4.92. The fraction of sp³-hybridized carbons (Fsp3) is 0.385. The van der Waals surface area contributed by atoms with E-state index in [1.807, 2.05) is 0 Å². The average molecular weight is 210 g/mol. The van der Waals surface area contributed by atoms with Gasteiger partial charge in [-0.25, -0.2) is 0 Å². The monoisotopic (exact) mass is 210 g/mol. The van der Waals surface area contributed by atoms with Crippen LogP contribution in [0.4, 0.5) is 0 Å². The first-order valence-corrected chi connectivity index (χ1v) is 7.94. The quantitative estimate of drug-likeness (QED) is 0.673. The summed E-state index contributed by atoms with van der Waals surface area (Å²) in [5.74, 6) is 0. The van der Waals surface area contributed by atoms with E-state index in [1.54, 1.807) is 5.56 Å². The Hall–Kier alpha value is -0.226. The van der Waals surface area contributed by atoms with Crippen molar-refractivity contribution in [2.45, 2.75) is 31.5 Å². The van der Waals surface area contributed by atoms with Crippen molar-refractivity contribution in [3.8, 4) is 0 Å². The molecule has 1 unspecified atom stereocenters. The summed E-state index contributed by atoms with van der Waals surface area (Å²) in [7, 11) is -0.568. The van der Waals surface area contributed by atoms with Gasteiger partial charge in [0.2, 0.25) is 0 Å². The maximum absolute atomic E-state index is 2.44. The van der Waals surface area contributed by atoms with Gasteiger partial charge in [-0.05, 0) is 16.7 Å². The molecule has 2 rings (SSSR count). The molecule has 0 amide bonds. The van der Waals surface area contributed by atoms with Gasteiger partial charge in [-0.3, -0.25) is 0 Å². The van der Waals surface area contributed by atoms with Crippen LogP contribution in [0.3, 0.4) is 0 Å². The summed E-state index contributed by atoms with van der Waals surface area (Å²) >= 11 is 0. The Morgan fingerprint density at radius 1 is 1.13 bits per heavy atom. The molecule has 0 nitrogen and oxygen atoms in total. The molecular formula is C13H19LiSi.